The highest BCUT2D eigenvalue weighted by Gasteiger charge is 2.12. The van der Waals surface area contributed by atoms with Crippen LogP contribution in [0.1, 0.15) is 18.2 Å². The normalized spacial score (nSPS) is 10.8. The molecule has 0 bridgehead atoms. The number of hydrogen-bond donors (Lipinski definition) is 0. The largest absolute Gasteiger partial charge is 0.496 e. The zero-order valence-electron chi connectivity index (χ0n) is 17.1. The predicted molar refractivity (Wildman–Crippen MR) is 117 cm³/mol. The molecule has 0 aliphatic heterocycles. The highest BCUT2D eigenvalue weighted by molar-refractivity contribution is 7.13. The van der Waals surface area contributed by atoms with Crippen LogP contribution in [-0.4, -0.2) is 31.8 Å². The smallest absolute Gasteiger partial charge is 0.344 e. The fraction of sp³-hybridized carbons (Fsp3) is 0.217. The third-order valence-electron chi connectivity index (χ3n) is 4.16. The summed E-state index contributed by atoms with van der Waals surface area (Å²) >= 11 is 1.47. The van der Waals surface area contributed by atoms with E-state index in [4.69, 9.17) is 18.9 Å². The quantitative estimate of drug-likeness (QED) is 0.450. The molecule has 0 saturated carbocycles. The fourth-order valence-electron chi connectivity index (χ4n) is 2.75. The molecule has 3 rings (SSSR count). The van der Waals surface area contributed by atoms with Crippen molar-refractivity contribution in [2.75, 3.05) is 20.8 Å². The lowest BCUT2D eigenvalue weighted by atomic mass is 10.2. The van der Waals surface area contributed by atoms with Crippen LogP contribution in [-0.2, 0) is 16.1 Å². The molecule has 0 N–H and O–H groups in total. The lowest BCUT2D eigenvalue weighted by Crippen LogP contribution is -2.15. The highest BCUT2D eigenvalue weighted by Crippen LogP contribution is 2.32. The first-order valence-corrected chi connectivity index (χ1v) is 10.2. The van der Waals surface area contributed by atoms with Crippen molar-refractivity contribution in [2.24, 2.45) is 0 Å². The number of esters is 1. The second-order valence-corrected chi connectivity index (χ2v) is 7.06. The van der Waals surface area contributed by atoms with Crippen molar-refractivity contribution in [1.29, 1.82) is 0 Å². The minimum Gasteiger partial charge on any atom is -0.496 e. The predicted octanol–water partition coefficient (Wildman–Crippen LogP) is 4.98. The van der Waals surface area contributed by atoms with E-state index in [1.807, 2.05) is 60.9 Å². The van der Waals surface area contributed by atoms with Gasteiger partial charge in [0, 0.05) is 5.38 Å². The molecule has 0 aliphatic rings. The molecule has 6 nitrogen and oxygen atoms in total. The van der Waals surface area contributed by atoms with E-state index in [-0.39, 0.29) is 13.2 Å². The van der Waals surface area contributed by atoms with E-state index < -0.39 is 5.97 Å². The number of nitrogens with zero attached hydrogens (tertiary/aromatic N) is 1. The second-order valence-electron chi connectivity index (χ2n) is 6.20. The van der Waals surface area contributed by atoms with Gasteiger partial charge in [0.25, 0.3) is 0 Å². The maximum absolute atomic E-state index is 12.1. The molecule has 0 fully saturated rings. The van der Waals surface area contributed by atoms with E-state index in [2.05, 4.69) is 4.98 Å². The molecule has 2 aromatic carbocycles. The second kappa shape index (κ2) is 10.5. The number of carbonyl (C=O) groups excluding carboxylic acids is 1. The zero-order valence-corrected chi connectivity index (χ0v) is 17.9. The van der Waals surface area contributed by atoms with E-state index in [1.54, 1.807) is 20.3 Å². The number of carbonyl (C=O) groups is 1. The summed E-state index contributed by atoms with van der Waals surface area (Å²) in [4.78, 5) is 16.6. The van der Waals surface area contributed by atoms with Gasteiger partial charge in [-0.05, 0) is 36.8 Å². The SMILES string of the molecule is C/C=C/c1ccc(OCC(=O)OCc2csc(-c3ccccc3OC)n2)c(OC)c1. The first-order valence-electron chi connectivity index (χ1n) is 9.31. The summed E-state index contributed by atoms with van der Waals surface area (Å²) in [6.45, 7) is 1.79. The van der Waals surface area contributed by atoms with Crippen LogP contribution < -0.4 is 14.2 Å². The lowest BCUT2D eigenvalue weighted by molar-refractivity contribution is -0.147. The van der Waals surface area contributed by atoms with Crippen molar-refractivity contribution in [3.05, 3.63) is 65.2 Å². The Hall–Kier alpha value is -3.32. The fourth-order valence-corrected chi connectivity index (χ4v) is 3.58. The monoisotopic (exact) mass is 425 g/mol. The van der Waals surface area contributed by atoms with E-state index >= 15 is 0 Å². The van der Waals surface area contributed by atoms with Crippen LogP contribution in [0.5, 0.6) is 17.2 Å². The number of hydrogen-bond acceptors (Lipinski definition) is 7. The molecule has 30 heavy (non-hydrogen) atoms. The standard InChI is InChI=1S/C23H23NO5S/c1-4-7-16-10-11-20(21(12-16)27-3)28-14-22(25)29-13-17-15-30-23(24-17)18-8-5-6-9-19(18)26-2/h4-12,15H,13-14H2,1-3H3/b7-4+. The van der Waals surface area contributed by atoms with Gasteiger partial charge >= 0.3 is 5.97 Å². The highest BCUT2D eigenvalue weighted by atomic mass is 32.1. The van der Waals surface area contributed by atoms with Crippen LogP contribution >= 0.6 is 11.3 Å². The van der Waals surface area contributed by atoms with Crippen molar-refractivity contribution in [1.82, 2.24) is 4.98 Å². The van der Waals surface area contributed by atoms with Crippen LogP contribution in [0.2, 0.25) is 0 Å². The molecule has 0 spiro atoms. The van der Waals surface area contributed by atoms with Crippen LogP contribution in [0.4, 0.5) is 0 Å². The minimum atomic E-state index is -0.485. The molecule has 0 radical (unpaired) electrons. The van der Waals surface area contributed by atoms with Gasteiger partial charge in [-0.2, -0.15) is 0 Å². The third-order valence-corrected chi connectivity index (χ3v) is 5.09. The summed E-state index contributed by atoms with van der Waals surface area (Å²) in [6.07, 6.45) is 3.89. The Bertz CT molecular complexity index is 1030. The lowest BCUT2D eigenvalue weighted by Gasteiger charge is -2.11. The Balaban J connectivity index is 1.55. The maximum atomic E-state index is 12.1. The van der Waals surface area contributed by atoms with Crippen molar-refractivity contribution < 1.29 is 23.7 Å². The number of methoxy groups -OCH3 is 2. The average Bonchev–Trinajstić information content (AvgIpc) is 3.25. The van der Waals surface area contributed by atoms with E-state index in [0.29, 0.717) is 17.2 Å². The molecule has 0 amide bonds. The Morgan fingerprint density at radius 2 is 1.87 bits per heavy atom. The minimum absolute atomic E-state index is 0.0746. The Morgan fingerprint density at radius 1 is 1.07 bits per heavy atom. The van der Waals surface area contributed by atoms with Crippen molar-refractivity contribution in [3.8, 4) is 27.8 Å². The van der Waals surface area contributed by atoms with E-state index in [1.165, 1.54) is 11.3 Å². The molecular weight excluding hydrogens is 402 g/mol. The molecule has 1 aromatic heterocycles. The molecule has 0 aliphatic carbocycles. The molecule has 7 heteroatoms. The first-order chi connectivity index (χ1) is 14.6. The number of ether oxygens (including phenoxy) is 4. The Labute approximate surface area is 179 Å². The molecular formula is C23H23NO5S. The van der Waals surface area contributed by atoms with E-state index in [0.717, 1.165) is 21.9 Å². The van der Waals surface area contributed by atoms with Gasteiger partial charge in [0.1, 0.15) is 17.4 Å². The van der Waals surface area contributed by atoms with Gasteiger partial charge < -0.3 is 18.9 Å². The van der Waals surface area contributed by atoms with Gasteiger partial charge in [0.15, 0.2) is 18.1 Å². The van der Waals surface area contributed by atoms with Gasteiger partial charge in [-0.1, -0.05) is 30.4 Å². The zero-order chi connectivity index (χ0) is 21.3. The maximum Gasteiger partial charge on any atom is 0.344 e. The molecule has 0 saturated heterocycles. The van der Waals surface area contributed by atoms with Crippen LogP contribution in [0.3, 0.4) is 0 Å². The molecule has 0 atom stereocenters. The Kier molecular flexibility index (Phi) is 7.45. The van der Waals surface area contributed by atoms with Crippen LogP contribution in [0, 0.1) is 0 Å². The summed E-state index contributed by atoms with van der Waals surface area (Å²) in [5, 5.41) is 2.67. The number of thiazole rings is 1. The summed E-state index contributed by atoms with van der Waals surface area (Å²) in [6, 6.07) is 13.1. The van der Waals surface area contributed by atoms with Crippen LogP contribution in [0.15, 0.2) is 53.9 Å². The summed E-state index contributed by atoms with van der Waals surface area (Å²) < 4.78 is 21.5. The number of rotatable bonds is 9. The van der Waals surface area contributed by atoms with Gasteiger partial charge in [0.05, 0.1) is 25.5 Å². The summed E-state index contributed by atoms with van der Waals surface area (Å²) in [5.74, 6) is 1.30. The van der Waals surface area contributed by atoms with Gasteiger partial charge in [0.2, 0.25) is 0 Å². The van der Waals surface area contributed by atoms with Gasteiger partial charge in [-0.15, -0.1) is 11.3 Å². The Morgan fingerprint density at radius 3 is 2.63 bits per heavy atom. The molecule has 156 valence electrons. The number of benzene rings is 2. The van der Waals surface area contributed by atoms with Crippen molar-refractivity contribution >= 4 is 23.4 Å². The molecule has 0 unspecified atom stereocenters. The number of para-hydroxylation sites is 1. The van der Waals surface area contributed by atoms with Crippen molar-refractivity contribution in [3.63, 3.8) is 0 Å². The first kappa shape index (κ1) is 21.4. The number of aromatic nitrogens is 1. The average molecular weight is 426 g/mol. The number of allylic oxidation sites excluding steroid dienone is 1. The molecule has 1 heterocycles. The summed E-state index contributed by atoms with van der Waals surface area (Å²) in [7, 11) is 3.18. The summed E-state index contributed by atoms with van der Waals surface area (Å²) in [5.41, 5.74) is 2.56. The third kappa shape index (κ3) is 5.39. The van der Waals surface area contributed by atoms with Crippen LogP contribution in [0.25, 0.3) is 16.6 Å². The topological polar surface area (TPSA) is 66.9 Å². The van der Waals surface area contributed by atoms with Gasteiger partial charge in [-0.25, -0.2) is 9.78 Å². The van der Waals surface area contributed by atoms with Gasteiger partial charge in [-0.3, -0.25) is 0 Å². The van der Waals surface area contributed by atoms with E-state index in [9.17, 15) is 4.79 Å². The molecule has 3 aromatic rings. The van der Waals surface area contributed by atoms with Crippen molar-refractivity contribution in [2.45, 2.75) is 13.5 Å².